The number of pyridine rings is 1. The van der Waals surface area contributed by atoms with Crippen molar-refractivity contribution in [3.8, 4) is 43.4 Å². The third kappa shape index (κ3) is 14.9. The SMILES string of the molecule is CNC(=O)C[C@@H]1NC(=O)c2csc(n2)-c2ccc(-c3nc(N(CCC(=O)O)C(=O)N[C@H]4CC[C@H](C(=O)O)CC4)cs3)nc2-c2csc(n2)-c2csc(n2)[C@H]([C@@H](O)c2ccccc2)NC(=O)CNC(=O)c2nc(sc2COC)C(C(C)C)NC(=O)c2nc1sc2C. The maximum atomic E-state index is 14.4. The smallest absolute Gasteiger partial charge is 0.323 e. The van der Waals surface area contributed by atoms with E-state index in [2.05, 4.69) is 36.9 Å². The van der Waals surface area contributed by atoms with Gasteiger partial charge in [0.1, 0.15) is 82.2 Å². The molecule has 7 aromatic heterocycles. The van der Waals surface area contributed by atoms with Crippen LogP contribution in [-0.2, 0) is 30.5 Å². The molecule has 0 spiro atoms. The minimum Gasteiger partial charge on any atom is -0.481 e. The van der Waals surface area contributed by atoms with Gasteiger partial charge in [0.15, 0.2) is 0 Å². The normalized spacial score (nSPS) is 18.5. The van der Waals surface area contributed by atoms with Crippen molar-refractivity contribution in [3.05, 3.63) is 111 Å². The third-order valence-corrected chi connectivity index (χ3v) is 20.4. The van der Waals surface area contributed by atoms with Crippen molar-refractivity contribution in [2.45, 2.75) is 96.2 Å². The van der Waals surface area contributed by atoms with Crippen LogP contribution in [-0.4, -0.2) is 131 Å². The van der Waals surface area contributed by atoms with E-state index in [-0.39, 0.29) is 59.4 Å². The Balaban J connectivity index is 1.04. The van der Waals surface area contributed by atoms with Crippen LogP contribution in [0.25, 0.3) is 43.4 Å². The van der Waals surface area contributed by atoms with E-state index in [1.807, 2.05) is 13.8 Å². The number of urea groups is 1. The van der Waals surface area contributed by atoms with Crippen molar-refractivity contribution in [1.82, 2.24) is 66.8 Å². The van der Waals surface area contributed by atoms with Gasteiger partial charge in [-0.05, 0) is 56.2 Å². The highest BCUT2D eigenvalue weighted by atomic mass is 32.1. The molecule has 0 radical (unpaired) electrons. The first-order valence-corrected chi connectivity index (χ1v) is 33.4. The second-order valence-electron chi connectivity index (χ2n) is 21.3. The molecule has 10 bridgehead atoms. The first-order valence-electron chi connectivity index (χ1n) is 28.2. The molecule has 0 saturated heterocycles. The van der Waals surface area contributed by atoms with Gasteiger partial charge in [-0.2, -0.15) is 0 Å². The number of fused-ring (bicyclic) bond motifs is 14. The summed E-state index contributed by atoms with van der Waals surface area (Å²) in [6.07, 6.45) is -0.328. The van der Waals surface area contributed by atoms with Gasteiger partial charge in [0, 0.05) is 58.7 Å². The molecule has 1 unspecified atom stereocenters. The maximum absolute atomic E-state index is 14.4. The number of hydrogen-bond acceptors (Lipinski definition) is 23. The lowest BCUT2D eigenvalue weighted by atomic mass is 9.86. The summed E-state index contributed by atoms with van der Waals surface area (Å²) in [5.41, 5.74) is 2.28. The van der Waals surface area contributed by atoms with Crippen LogP contribution in [0.5, 0.6) is 0 Å². The number of aliphatic hydroxyl groups is 1. The number of benzene rings is 1. The predicted molar refractivity (Wildman–Crippen MR) is 338 cm³/mol. The molecule has 2 aliphatic rings. The lowest BCUT2D eigenvalue weighted by Crippen LogP contribution is -2.47. The number of carbonyl (C=O) groups is 8. The Morgan fingerprint density at radius 3 is 2.12 bits per heavy atom. The molecule has 32 heteroatoms. The number of rotatable bonds is 14. The van der Waals surface area contributed by atoms with E-state index in [4.69, 9.17) is 34.6 Å². The number of methoxy groups -OCH3 is 1. The van der Waals surface area contributed by atoms with Crippen molar-refractivity contribution >= 4 is 121 Å². The van der Waals surface area contributed by atoms with Crippen molar-refractivity contribution in [3.63, 3.8) is 0 Å². The monoisotopic (exact) mass is 1340 g/mol. The van der Waals surface area contributed by atoms with Crippen LogP contribution in [0, 0.1) is 18.8 Å². The average molecular weight is 1340 g/mol. The molecule has 1 saturated carbocycles. The minimum atomic E-state index is -1.31. The lowest BCUT2D eigenvalue weighted by Gasteiger charge is -2.29. The number of carbonyl (C=O) groups excluding carboxylic acids is 6. The van der Waals surface area contributed by atoms with Crippen LogP contribution in [0.3, 0.4) is 0 Å². The standard InChI is InChI=1S/C58H60N14O12S6/c1-26(2)42-56-71-45(37(90-56)21-84-5)49(79)60-20-40(74)68-46(47(77)28-9-7-6-8-10-28)55-66-36(24-87-55)53-64-34(22-86-53)44-31(51-65-35(23-85-51)48(78)63-33(19-39(73)59-4)54-70-43(27(3)89-54)50(80)69-42)15-16-32(62-44)52-67-38(25-88-52)72(18-17-41(75)76)58(83)61-30-13-11-29(12-14-30)57(81)82/h6-10,15-16,22-26,29-30,33,42,46-47,77H,11-14,17-21H2,1-5H3,(H,59,73)(H,60,79)(H,61,83)(H,63,78)(H,68,74)(H,69,80)(H,75,76)(H,81,82)/t29-,30-,33-,42?,46-,47-/m0/s1. The van der Waals surface area contributed by atoms with E-state index in [9.17, 15) is 53.7 Å². The fourth-order valence-corrected chi connectivity index (χ4v) is 15.5. The highest BCUT2D eigenvalue weighted by Crippen LogP contribution is 2.41. The van der Waals surface area contributed by atoms with Crippen molar-refractivity contribution < 1.29 is 58.4 Å². The number of thiazole rings is 6. The van der Waals surface area contributed by atoms with E-state index < -0.39 is 90.6 Å². The summed E-state index contributed by atoms with van der Waals surface area (Å²) in [6.45, 7) is 4.66. The number of carboxylic acids is 2. The Hall–Kier alpha value is -8.37. The number of ether oxygens (including phenoxy) is 1. The Kier molecular flexibility index (Phi) is 20.6. The average Bonchev–Trinajstić information content (AvgIpc) is 1.73. The van der Waals surface area contributed by atoms with Gasteiger partial charge < -0.3 is 52.0 Å². The van der Waals surface area contributed by atoms with Gasteiger partial charge in [-0.25, -0.2) is 39.7 Å². The molecular weight excluding hydrogens is 1280 g/mol. The maximum Gasteiger partial charge on any atom is 0.323 e. The zero-order valence-corrected chi connectivity index (χ0v) is 53.7. The molecule has 1 aromatic carbocycles. The zero-order chi connectivity index (χ0) is 63.9. The topological polar surface area (TPSA) is 372 Å². The Morgan fingerprint density at radius 2 is 1.40 bits per heavy atom. The molecular formula is C58H60N14O12S6. The van der Waals surface area contributed by atoms with Crippen molar-refractivity contribution in [1.29, 1.82) is 0 Å². The van der Waals surface area contributed by atoms with Crippen LogP contribution in [0.1, 0.15) is 138 Å². The molecule has 10 rings (SSSR count). The molecule has 90 heavy (non-hydrogen) atoms. The van der Waals surface area contributed by atoms with Gasteiger partial charge in [-0.15, -0.1) is 68.0 Å². The van der Waals surface area contributed by atoms with E-state index in [0.29, 0.717) is 94.4 Å². The molecule has 1 aliphatic heterocycles. The number of carboxylic acid groups (broad SMARTS) is 2. The van der Waals surface area contributed by atoms with Crippen LogP contribution in [0.4, 0.5) is 10.6 Å². The largest absolute Gasteiger partial charge is 0.481 e. The Labute approximate surface area is 538 Å². The number of aliphatic hydroxyl groups excluding tert-OH is 1. The van der Waals surface area contributed by atoms with E-state index >= 15 is 0 Å². The predicted octanol–water partition coefficient (Wildman–Crippen LogP) is 7.95. The highest BCUT2D eigenvalue weighted by molar-refractivity contribution is 7.15. The molecule has 8 heterocycles. The molecule has 26 nitrogen and oxygen atoms in total. The third-order valence-electron chi connectivity index (χ3n) is 14.7. The summed E-state index contributed by atoms with van der Waals surface area (Å²) in [5.74, 6) is -5.65. The number of aliphatic carboxylic acids is 2. The Morgan fingerprint density at radius 1 is 0.700 bits per heavy atom. The molecule has 470 valence electrons. The number of nitrogens with zero attached hydrogens (tertiary/aromatic N) is 8. The number of nitrogens with one attached hydrogen (secondary N) is 6. The molecule has 9 N–H and O–H groups in total. The fraction of sp³-hybridized carbons (Fsp3) is 0.362. The molecule has 1 fully saturated rings. The van der Waals surface area contributed by atoms with Gasteiger partial charge in [-0.3, -0.25) is 38.5 Å². The van der Waals surface area contributed by atoms with Crippen LogP contribution in [0.15, 0.2) is 64.0 Å². The zero-order valence-electron chi connectivity index (χ0n) is 48.8. The highest BCUT2D eigenvalue weighted by Gasteiger charge is 2.34. The summed E-state index contributed by atoms with van der Waals surface area (Å²) in [7, 11) is 2.92. The fourth-order valence-electron chi connectivity index (χ4n) is 9.96. The summed E-state index contributed by atoms with van der Waals surface area (Å²) >= 11 is 6.95. The Bertz CT molecular complexity index is 3980. The molecule has 7 amide bonds. The molecule has 8 aromatic rings. The van der Waals surface area contributed by atoms with E-state index in [0.717, 1.165) is 56.7 Å². The van der Waals surface area contributed by atoms with E-state index in [1.54, 1.807) is 70.9 Å². The number of aromatic nitrogens is 7. The lowest BCUT2D eigenvalue weighted by molar-refractivity contribution is -0.143. The quantitative estimate of drug-likeness (QED) is 0.0498. The van der Waals surface area contributed by atoms with Crippen LogP contribution in [0.2, 0.25) is 0 Å². The van der Waals surface area contributed by atoms with Crippen molar-refractivity contribution in [2.24, 2.45) is 11.8 Å². The minimum absolute atomic E-state index is 0.0144. The summed E-state index contributed by atoms with van der Waals surface area (Å²) < 4.78 is 5.45. The first kappa shape index (κ1) is 64.6. The van der Waals surface area contributed by atoms with E-state index in [1.165, 1.54) is 30.4 Å². The summed E-state index contributed by atoms with van der Waals surface area (Å²) in [6, 6.07) is 8.30. The molecule has 4 atom stereocenters. The second kappa shape index (κ2) is 28.6. The number of hydrogen-bond donors (Lipinski definition) is 9. The van der Waals surface area contributed by atoms with Gasteiger partial charge in [0.05, 0.1) is 54.6 Å². The van der Waals surface area contributed by atoms with Gasteiger partial charge >= 0.3 is 18.0 Å². The number of amides is 7. The number of anilines is 1. The van der Waals surface area contributed by atoms with Gasteiger partial charge in [0.25, 0.3) is 17.7 Å². The number of aryl methyl sites for hydroxylation is 1. The first-order chi connectivity index (χ1) is 43.2. The van der Waals surface area contributed by atoms with Crippen LogP contribution >= 0.6 is 68.0 Å². The summed E-state index contributed by atoms with van der Waals surface area (Å²) in [4.78, 5) is 143. The van der Waals surface area contributed by atoms with Crippen LogP contribution < -0.4 is 36.8 Å². The summed E-state index contributed by atoms with van der Waals surface area (Å²) in [5, 5.41) is 56.9. The van der Waals surface area contributed by atoms with Gasteiger partial charge in [0.2, 0.25) is 11.8 Å². The molecule has 1 aliphatic carbocycles. The van der Waals surface area contributed by atoms with Crippen molar-refractivity contribution in [2.75, 3.05) is 32.1 Å². The second-order valence-corrected chi connectivity index (χ2v) is 27.1. The van der Waals surface area contributed by atoms with Gasteiger partial charge in [-0.1, -0.05) is 44.2 Å².